The highest BCUT2D eigenvalue weighted by Gasteiger charge is 2.16. The number of aryl methyl sites for hydroxylation is 1. The van der Waals surface area contributed by atoms with Crippen molar-refractivity contribution in [3.05, 3.63) is 22.4 Å². The Morgan fingerprint density at radius 3 is 3.05 bits per heavy atom. The van der Waals surface area contributed by atoms with Crippen LogP contribution in [-0.2, 0) is 4.79 Å². The fourth-order valence-electron chi connectivity index (χ4n) is 2.49. The van der Waals surface area contributed by atoms with E-state index in [0.717, 1.165) is 30.1 Å². The molecular weight excluding hydrogens is 338 g/mol. The minimum absolute atomic E-state index is 0. The molecule has 0 saturated carbocycles. The average Bonchev–Trinajstić information content (AvgIpc) is 3.17. The van der Waals surface area contributed by atoms with E-state index in [1.165, 1.54) is 22.6 Å². The SMILES string of the molecule is Cc1ccc(-c2csc(NC(=O)CCC3CCNC3)n2)s1.Cl. The lowest BCUT2D eigenvalue weighted by Crippen LogP contribution is -2.14. The summed E-state index contributed by atoms with van der Waals surface area (Å²) in [4.78, 5) is 18.9. The van der Waals surface area contributed by atoms with Crippen molar-refractivity contribution >= 4 is 46.1 Å². The summed E-state index contributed by atoms with van der Waals surface area (Å²) in [5.74, 6) is 0.724. The Morgan fingerprint density at radius 2 is 2.36 bits per heavy atom. The van der Waals surface area contributed by atoms with E-state index in [9.17, 15) is 4.79 Å². The number of carbonyl (C=O) groups excluding carboxylic acids is 1. The van der Waals surface area contributed by atoms with Crippen LogP contribution in [0.2, 0.25) is 0 Å². The number of hydrogen-bond acceptors (Lipinski definition) is 5. The van der Waals surface area contributed by atoms with Gasteiger partial charge in [-0.2, -0.15) is 0 Å². The number of aromatic nitrogens is 1. The molecule has 0 spiro atoms. The summed E-state index contributed by atoms with van der Waals surface area (Å²) in [6.07, 6.45) is 2.73. The van der Waals surface area contributed by atoms with Crippen molar-refractivity contribution in [1.29, 1.82) is 0 Å². The molecule has 22 heavy (non-hydrogen) atoms. The highest BCUT2D eigenvalue weighted by molar-refractivity contribution is 7.17. The predicted octanol–water partition coefficient (Wildman–Crippen LogP) is 3.93. The van der Waals surface area contributed by atoms with Gasteiger partial charge in [-0.05, 0) is 50.9 Å². The first-order valence-corrected chi connectivity index (χ1v) is 8.93. The Bertz CT molecular complexity index is 620. The molecule has 2 N–H and O–H groups in total. The third-order valence-electron chi connectivity index (χ3n) is 3.69. The molecule has 1 aliphatic heterocycles. The van der Waals surface area contributed by atoms with E-state index >= 15 is 0 Å². The van der Waals surface area contributed by atoms with Gasteiger partial charge in [-0.3, -0.25) is 4.79 Å². The molecule has 120 valence electrons. The number of nitrogens with zero attached hydrogens (tertiary/aromatic N) is 1. The standard InChI is InChI=1S/C15H19N3OS2.ClH/c1-10-2-4-13(21-10)12-9-20-15(17-12)18-14(19)5-3-11-6-7-16-8-11;/h2,4,9,11,16H,3,5-8H2,1H3,(H,17,18,19);1H. The lowest BCUT2D eigenvalue weighted by Gasteiger charge is -2.06. The van der Waals surface area contributed by atoms with Gasteiger partial charge >= 0.3 is 0 Å². The van der Waals surface area contributed by atoms with Crippen molar-refractivity contribution in [3.63, 3.8) is 0 Å². The molecule has 1 amide bonds. The van der Waals surface area contributed by atoms with Gasteiger partial charge in [-0.1, -0.05) is 0 Å². The van der Waals surface area contributed by atoms with E-state index in [1.54, 1.807) is 11.3 Å². The first kappa shape index (κ1) is 17.4. The van der Waals surface area contributed by atoms with Gasteiger partial charge in [0.15, 0.2) is 5.13 Å². The lowest BCUT2D eigenvalue weighted by atomic mass is 10.0. The van der Waals surface area contributed by atoms with Crippen molar-refractivity contribution < 1.29 is 4.79 Å². The predicted molar refractivity (Wildman–Crippen MR) is 96.3 cm³/mol. The van der Waals surface area contributed by atoms with E-state index in [0.29, 0.717) is 17.5 Å². The molecule has 1 aliphatic rings. The Labute approximate surface area is 144 Å². The molecule has 3 rings (SSSR count). The maximum absolute atomic E-state index is 12.0. The average molecular weight is 358 g/mol. The van der Waals surface area contributed by atoms with Crippen LogP contribution in [0.4, 0.5) is 5.13 Å². The van der Waals surface area contributed by atoms with E-state index in [2.05, 4.69) is 34.7 Å². The number of anilines is 1. The topological polar surface area (TPSA) is 54.0 Å². The Kier molecular flexibility index (Phi) is 6.37. The van der Waals surface area contributed by atoms with Gasteiger partial charge in [0.1, 0.15) is 0 Å². The van der Waals surface area contributed by atoms with Gasteiger partial charge in [0.05, 0.1) is 10.6 Å². The molecule has 0 bridgehead atoms. The van der Waals surface area contributed by atoms with Crippen molar-refractivity contribution in [2.45, 2.75) is 26.2 Å². The number of amides is 1. The quantitative estimate of drug-likeness (QED) is 0.852. The molecule has 0 radical (unpaired) electrons. The van der Waals surface area contributed by atoms with E-state index in [4.69, 9.17) is 0 Å². The smallest absolute Gasteiger partial charge is 0.226 e. The monoisotopic (exact) mass is 357 g/mol. The third kappa shape index (κ3) is 4.52. The molecule has 4 nitrogen and oxygen atoms in total. The van der Waals surface area contributed by atoms with E-state index in [1.807, 2.05) is 5.38 Å². The molecule has 1 atom stereocenters. The first-order valence-electron chi connectivity index (χ1n) is 7.23. The summed E-state index contributed by atoms with van der Waals surface area (Å²) < 4.78 is 0. The summed E-state index contributed by atoms with van der Waals surface area (Å²) in [5.41, 5.74) is 0.952. The number of rotatable bonds is 5. The van der Waals surface area contributed by atoms with Crippen LogP contribution < -0.4 is 10.6 Å². The summed E-state index contributed by atoms with van der Waals surface area (Å²) in [7, 11) is 0. The molecule has 3 heterocycles. The molecule has 1 fully saturated rings. The normalized spacial score (nSPS) is 17.2. The van der Waals surface area contributed by atoms with E-state index in [-0.39, 0.29) is 18.3 Å². The van der Waals surface area contributed by atoms with E-state index < -0.39 is 0 Å². The lowest BCUT2D eigenvalue weighted by molar-refractivity contribution is -0.116. The number of nitrogens with one attached hydrogen (secondary N) is 2. The molecule has 1 unspecified atom stereocenters. The van der Waals surface area contributed by atoms with Gasteiger partial charge < -0.3 is 10.6 Å². The minimum atomic E-state index is 0. The maximum Gasteiger partial charge on any atom is 0.226 e. The zero-order chi connectivity index (χ0) is 14.7. The van der Waals surface area contributed by atoms with Crippen molar-refractivity contribution in [3.8, 4) is 10.6 Å². The molecule has 2 aromatic heterocycles. The Hall–Kier alpha value is -0.950. The summed E-state index contributed by atoms with van der Waals surface area (Å²) in [6, 6.07) is 4.17. The van der Waals surface area contributed by atoms with Crippen molar-refractivity contribution in [2.24, 2.45) is 5.92 Å². The molecule has 0 aliphatic carbocycles. The molecule has 1 saturated heterocycles. The van der Waals surface area contributed by atoms with Crippen LogP contribution in [0.5, 0.6) is 0 Å². The highest BCUT2D eigenvalue weighted by atomic mass is 35.5. The second kappa shape index (κ2) is 8.06. The second-order valence-corrected chi connectivity index (χ2v) is 7.54. The Balaban J connectivity index is 0.00000176. The van der Waals surface area contributed by atoms with Crippen LogP contribution in [0.1, 0.15) is 24.1 Å². The largest absolute Gasteiger partial charge is 0.316 e. The Morgan fingerprint density at radius 1 is 1.50 bits per heavy atom. The van der Waals surface area contributed by atoms with Crippen molar-refractivity contribution in [1.82, 2.24) is 10.3 Å². The fourth-order valence-corrected chi connectivity index (χ4v) is 4.12. The van der Waals surface area contributed by atoms with Gasteiger partial charge in [0.25, 0.3) is 0 Å². The minimum Gasteiger partial charge on any atom is -0.316 e. The highest BCUT2D eigenvalue weighted by Crippen LogP contribution is 2.30. The van der Waals surface area contributed by atoms with Crippen LogP contribution in [0.15, 0.2) is 17.5 Å². The second-order valence-electron chi connectivity index (χ2n) is 5.39. The van der Waals surface area contributed by atoms with Crippen LogP contribution in [0.25, 0.3) is 10.6 Å². The van der Waals surface area contributed by atoms with Crippen LogP contribution in [0, 0.1) is 12.8 Å². The van der Waals surface area contributed by atoms with Crippen LogP contribution in [0.3, 0.4) is 0 Å². The number of thiophene rings is 1. The maximum atomic E-state index is 12.0. The van der Waals surface area contributed by atoms with Crippen molar-refractivity contribution in [2.75, 3.05) is 18.4 Å². The van der Waals surface area contributed by atoms with Gasteiger partial charge in [-0.15, -0.1) is 35.1 Å². The molecule has 2 aromatic rings. The number of halogens is 1. The number of hydrogen-bond donors (Lipinski definition) is 2. The fraction of sp³-hybridized carbons (Fsp3) is 0.467. The zero-order valence-corrected chi connectivity index (χ0v) is 14.9. The van der Waals surface area contributed by atoms with Gasteiger partial charge in [0.2, 0.25) is 5.91 Å². The van der Waals surface area contributed by atoms with Gasteiger partial charge in [0, 0.05) is 16.7 Å². The summed E-state index contributed by atoms with van der Waals surface area (Å²) in [5, 5.41) is 8.95. The van der Waals surface area contributed by atoms with Crippen LogP contribution in [-0.4, -0.2) is 24.0 Å². The van der Waals surface area contributed by atoms with Crippen LogP contribution >= 0.6 is 35.1 Å². The molecule has 0 aromatic carbocycles. The zero-order valence-electron chi connectivity index (χ0n) is 12.4. The number of thiazole rings is 1. The molecular formula is C15H20ClN3OS2. The molecule has 7 heteroatoms. The third-order valence-corrected chi connectivity index (χ3v) is 5.47. The summed E-state index contributed by atoms with van der Waals surface area (Å²) in [6.45, 7) is 4.22. The summed E-state index contributed by atoms with van der Waals surface area (Å²) >= 11 is 3.22. The number of carbonyl (C=O) groups is 1. The van der Waals surface area contributed by atoms with Gasteiger partial charge in [-0.25, -0.2) is 4.98 Å². The first-order chi connectivity index (χ1) is 10.2.